The number of carbonyl (C=O) groups is 1. The van der Waals surface area contributed by atoms with Crippen molar-refractivity contribution in [3.05, 3.63) is 36.4 Å². The van der Waals surface area contributed by atoms with E-state index in [1.54, 1.807) is 13.0 Å². The number of hydrogen-bond donors (Lipinski definition) is 0. The van der Waals surface area contributed by atoms with E-state index in [0.717, 1.165) is 11.6 Å². The third kappa shape index (κ3) is 3.08. The lowest BCUT2D eigenvalue weighted by atomic mass is 10.2. The van der Waals surface area contributed by atoms with Gasteiger partial charge >= 0.3 is 5.97 Å². The highest BCUT2D eigenvalue weighted by atomic mass is 35.7. The highest BCUT2D eigenvalue weighted by Gasteiger charge is 2.18. The van der Waals surface area contributed by atoms with Crippen LogP contribution in [0, 0.1) is 6.92 Å². The number of ether oxygens (including phenoxy) is 1. The maximum atomic E-state index is 11.2. The summed E-state index contributed by atoms with van der Waals surface area (Å²) < 4.78 is 27.1. The summed E-state index contributed by atoms with van der Waals surface area (Å²) in [4.78, 5) is 10.8. The number of esters is 1. The highest BCUT2D eigenvalue weighted by molar-refractivity contribution is 8.13. The quantitative estimate of drug-likeness (QED) is 0.361. The van der Waals surface area contributed by atoms with Crippen molar-refractivity contribution in [2.45, 2.75) is 11.8 Å². The minimum Gasteiger partial charge on any atom is -0.422 e. The Morgan fingerprint density at radius 3 is 2.62 bits per heavy atom. The second kappa shape index (κ2) is 4.67. The zero-order valence-corrected chi connectivity index (χ0v) is 10.0. The lowest BCUT2D eigenvalue weighted by Crippen LogP contribution is -2.06. The van der Waals surface area contributed by atoms with Crippen molar-refractivity contribution in [1.82, 2.24) is 0 Å². The normalized spacial score (nSPS) is 10.9. The fourth-order valence-electron chi connectivity index (χ4n) is 1.05. The first kappa shape index (κ1) is 12.7. The van der Waals surface area contributed by atoms with Gasteiger partial charge in [0.2, 0.25) is 0 Å². The molecule has 4 nitrogen and oxygen atoms in total. The number of hydrogen-bond acceptors (Lipinski definition) is 4. The van der Waals surface area contributed by atoms with Gasteiger partial charge in [-0.2, -0.15) is 0 Å². The molecule has 0 saturated carbocycles. The monoisotopic (exact) mass is 260 g/mol. The minimum absolute atomic E-state index is 0.0973. The van der Waals surface area contributed by atoms with Gasteiger partial charge in [0.25, 0.3) is 9.05 Å². The van der Waals surface area contributed by atoms with Crippen LogP contribution in [0.3, 0.4) is 0 Å². The molecular weight excluding hydrogens is 252 g/mol. The first-order valence-corrected chi connectivity index (χ1v) is 6.55. The topological polar surface area (TPSA) is 60.4 Å². The fraction of sp³-hybridized carbons (Fsp3) is 0.100. The Labute approximate surface area is 97.9 Å². The van der Waals surface area contributed by atoms with Gasteiger partial charge in [0.15, 0.2) is 5.75 Å². The summed E-state index contributed by atoms with van der Waals surface area (Å²) in [5.41, 5.74) is 0.746. The van der Waals surface area contributed by atoms with E-state index in [1.807, 2.05) is 0 Å². The van der Waals surface area contributed by atoms with Gasteiger partial charge in [-0.3, -0.25) is 0 Å². The van der Waals surface area contributed by atoms with Crippen LogP contribution < -0.4 is 4.74 Å². The van der Waals surface area contributed by atoms with Crippen LogP contribution in [0.15, 0.2) is 35.7 Å². The molecule has 0 amide bonds. The molecule has 0 aliphatic rings. The van der Waals surface area contributed by atoms with Crippen LogP contribution in [-0.2, 0) is 13.8 Å². The Bertz CT molecular complexity index is 534. The van der Waals surface area contributed by atoms with Crippen molar-refractivity contribution >= 4 is 25.7 Å². The van der Waals surface area contributed by atoms with Crippen molar-refractivity contribution in [2.24, 2.45) is 0 Å². The van der Waals surface area contributed by atoms with E-state index in [-0.39, 0.29) is 10.6 Å². The van der Waals surface area contributed by atoms with Crippen LogP contribution in [0.2, 0.25) is 0 Å². The molecule has 0 aromatic heterocycles. The molecule has 0 saturated heterocycles. The SMILES string of the molecule is C=CC(=O)Oc1cc(C)ccc1S(=O)(=O)Cl. The summed E-state index contributed by atoms with van der Waals surface area (Å²) in [6, 6.07) is 4.25. The van der Waals surface area contributed by atoms with Crippen molar-refractivity contribution in [3.8, 4) is 5.75 Å². The third-order valence-corrected chi connectivity index (χ3v) is 3.10. The molecule has 0 bridgehead atoms. The smallest absolute Gasteiger partial charge is 0.335 e. The molecule has 0 atom stereocenters. The van der Waals surface area contributed by atoms with E-state index in [1.165, 1.54) is 12.1 Å². The second-order valence-corrected chi connectivity index (χ2v) is 5.55. The van der Waals surface area contributed by atoms with E-state index >= 15 is 0 Å². The summed E-state index contributed by atoms with van der Waals surface area (Å²) in [7, 11) is 1.25. The number of benzene rings is 1. The average Bonchev–Trinajstić information content (AvgIpc) is 2.15. The maximum absolute atomic E-state index is 11.2. The van der Waals surface area contributed by atoms with Crippen LogP contribution in [-0.4, -0.2) is 14.4 Å². The molecule has 0 spiro atoms. The molecule has 1 rings (SSSR count). The number of aryl methyl sites for hydroxylation is 1. The lowest BCUT2D eigenvalue weighted by molar-refractivity contribution is -0.129. The molecule has 6 heteroatoms. The lowest BCUT2D eigenvalue weighted by Gasteiger charge is -2.06. The highest BCUT2D eigenvalue weighted by Crippen LogP contribution is 2.28. The van der Waals surface area contributed by atoms with Crippen molar-refractivity contribution in [2.75, 3.05) is 0 Å². The van der Waals surface area contributed by atoms with Crippen molar-refractivity contribution < 1.29 is 17.9 Å². The van der Waals surface area contributed by atoms with Gasteiger partial charge in [0, 0.05) is 16.8 Å². The summed E-state index contributed by atoms with van der Waals surface area (Å²) in [6.07, 6.45) is 0.937. The summed E-state index contributed by atoms with van der Waals surface area (Å²) in [6.45, 7) is 4.95. The Balaban J connectivity index is 3.29. The molecule has 0 heterocycles. The van der Waals surface area contributed by atoms with Gasteiger partial charge in [0.05, 0.1) is 0 Å². The summed E-state index contributed by atoms with van der Waals surface area (Å²) in [5.74, 6) is -0.841. The standard InChI is InChI=1S/C10H9ClO4S/c1-3-10(12)15-8-6-7(2)4-5-9(8)16(11,13)14/h3-6H,1H2,2H3. The first-order chi connectivity index (χ1) is 7.34. The molecular formula is C10H9ClO4S. The molecule has 0 fully saturated rings. The molecule has 16 heavy (non-hydrogen) atoms. The van der Waals surface area contributed by atoms with Crippen molar-refractivity contribution in [1.29, 1.82) is 0 Å². The van der Waals surface area contributed by atoms with E-state index in [0.29, 0.717) is 0 Å². The van der Waals surface area contributed by atoms with Gasteiger partial charge in [-0.25, -0.2) is 13.2 Å². The van der Waals surface area contributed by atoms with Gasteiger partial charge in [0.1, 0.15) is 4.90 Å². The maximum Gasteiger partial charge on any atom is 0.335 e. The zero-order valence-electron chi connectivity index (χ0n) is 8.44. The van der Waals surface area contributed by atoms with E-state index < -0.39 is 15.0 Å². The van der Waals surface area contributed by atoms with Gasteiger partial charge < -0.3 is 4.74 Å². The third-order valence-electron chi connectivity index (χ3n) is 1.74. The number of rotatable bonds is 3. The van der Waals surface area contributed by atoms with Crippen LogP contribution in [0.25, 0.3) is 0 Å². The van der Waals surface area contributed by atoms with E-state index in [2.05, 4.69) is 6.58 Å². The van der Waals surface area contributed by atoms with Gasteiger partial charge in [-0.1, -0.05) is 12.6 Å². The predicted octanol–water partition coefficient (Wildman–Crippen LogP) is 2.01. The average molecular weight is 261 g/mol. The van der Waals surface area contributed by atoms with Gasteiger partial charge in [-0.05, 0) is 24.6 Å². The van der Waals surface area contributed by atoms with Crippen LogP contribution in [0.4, 0.5) is 0 Å². The molecule has 1 aromatic carbocycles. The molecule has 0 N–H and O–H groups in total. The van der Waals surface area contributed by atoms with Gasteiger partial charge in [-0.15, -0.1) is 0 Å². The summed E-state index contributed by atoms with van der Waals surface area (Å²) >= 11 is 0. The van der Waals surface area contributed by atoms with E-state index in [9.17, 15) is 13.2 Å². The molecule has 0 radical (unpaired) electrons. The van der Waals surface area contributed by atoms with E-state index in [4.69, 9.17) is 15.4 Å². The largest absolute Gasteiger partial charge is 0.422 e. The predicted molar refractivity (Wildman–Crippen MR) is 60.0 cm³/mol. The zero-order chi connectivity index (χ0) is 12.3. The molecule has 86 valence electrons. The number of carbonyl (C=O) groups excluding carboxylic acids is 1. The Hall–Kier alpha value is -1.33. The Morgan fingerprint density at radius 2 is 2.12 bits per heavy atom. The molecule has 0 aliphatic carbocycles. The Morgan fingerprint density at radius 1 is 1.50 bits per heavy atom. The molecule has 0 unspecified atom stereocenters. The molecule has 1 aromatic rings. The van der Waals surface area contributed by atoms with Crippen molar-refractivity contribution in [3.63, 3.8) is 0 Å². The second-order valence-electron chi connectivity index (χ2n) is 3.01. The van der Waals surface area contributed by atoms with Crippen LogP contribution in [0.5, 0.6) is 5.75 Å². The number of halogens is 1. The molecule has 0 aliphatic heterocycles. The van der Waals surface area contributed by atoms with Crippen LogP contribution >= 0.6 is 10.7 Å². The Kier molecular flexibility index (Phi) is 3.72. The fourth-order valence-corrected chi connectivity index (χ4v) is 2.00. The van der Waals surface area contributed by atoms with Crippen LogP contribution in [0.1, 0.15) is 5.56 Å². The summed E-state index contributed by atoms with van der Waals surface area (Å²) in [5, 5.41) is 0. The first-order valence-electron chi connectivity index (χ1n) is 4.24. The minimum atomic E-state index is -3.94.